The number of hydrogen-bond donors (Lipinski definition) is 0. The summed E-state index contributed by atoms with van der Waals surface area (Å²) in [7, 11) is 0. The predicted molar refractivity (Wildman–Crippen MR) is 51.6 cm³/mol. The van der Waals surface area contributed by atoms with Crippen LogP contribution >= 0.6 is 45.8 Å². The summed E-state index contributed by atoms with van der Waals surface area (Å²) in [6.45, 7) is 0. The van der Waals surface area contributed by atoms with E-state index in [1.54, 1.807) is 28.7 Å². The van der Waals surface area contributed by atoms with Crippen LogP contribution in [0.4, 0.5) is 4.39 Å². The third-order valence-corrected chi connectivity index (χ3v) is 3.01. The van der Waals surface area contributed by atoms with E-state index in [1.807, 2.05) is 0 Å². The molecule has 2 nitrogen and oxygen atoms in total. The molecule has 0 aliphatic heterocycles. The first-order chi connectivity index (χ1) is 5.57. The standard InChI is InChI=1S/C6Cl2FIN2/c7-3-4(8)6(10)12-2(1-11)5(3)9. The Morgan fingerprint density at radius 3 is 2.50 bits per heavy atom. The maximum atomic E-state index is 12.9. The molecule has 62 valence electrons. The third kappa shape index (κ3) is 1.63. The number of pyridine rings is 1. The van der Waals surface area contributed by atoms with Gasteiger partial charge in [0.2, 0.25) is 0 Å². The largest absolute Gasteiger partial charge is 0.226 e. The Morgan fingerprint density at radius 1 is 1.42 bits per heavy atom. The van der Waals surface area contributed by atoms with Crippen LogP contribution in [-0.2, 0) is 0 Å². The molecule has 0 N–H and O–H groups in total. The number of aromatic nitrogens is 1. The lowest BCUT2D eigenvalue weighted by Gasteiger charge is -2.00. The highest BCUT2D eigenvalue weighted by atomic mass is 127. The van der Waals surface area contributed by atoms with E-state index in [-0.39, 0.29) is 15.7 Å². The van der Waals surface area contributed by atoms with E-state index < -0.39 is 5.82 Å². The lowest BCUT2D eigenvalue weighted by atomic mass is 10.3. The number of halogens is 4. The van der Waals surface area contributed by atoms with Crippen LogP contribution in [0.3, 0.4) is 0 Å². The Balaban J connectivity index is 3.52. The molecule has 0 saturated heterocycles. The van der Waals surface area contributed by atoms with Crippen LogP contribution in [0.2, 0.25) is 10.0 Å². The average molecular weight is 317 g/mol. The quantitative estimate of drug-likeness (QED) is 0.545. The molecule has 0 fully saturated rings. The molecule has 0 unspecified atom stereocenters. The smallest absolute Gasteiger partial charge is 0.179 e. The van der Waals surface area contributed by atoms with E-state index in [9.17, 15) is 4.39 Å². The van der Waals surface area contributed by atoms with Crippen molar-refractivity contribution in [2.45, 2.75) is 0 Å². The number of nitriles is 1. The van der Waals surface area contributed by atoms with Crippen molar-refractivity contribution >= 4 is 45.8 Å². The molecule has 0 aliphatic carbocycles. The zero-order chi connectivity index (χ0) is 9.30. The molecule has 0 saturated carbocycles. The lowest BCUT2D eigenvalue weighted by molar-refractivity contribution is 0.616. The topological polar surface area (TPSA) is 36.7 Å². The summed E-state index contributed by atoms with van der Waals surface area (Å²) in [6.07, 6.45) is 0. The zero-order valence-electron chi connectivity index (χ0n) is 5.41. The van der Waals surface area contributed by atoms with Crippen LogP contribution < -0.4 is 0 Å². The Labute approximate surface area is 91.4 Å². The molecule has 6 heteroatoms. The summed E-state index contributed by atoms with van der Waals surface area (Å²) < 4.78 is 13.3. The van der Waals surface area contributed by atoms with Crippen molar-refractivity contribution in [1.82, 2.24) is 4.98 Å². The summed E-state index contributed by atoms with van der Waals surface area (Å²) in [4.78, 5) is 3.59. The second-order valence-corrected chi connectivity index (χ2v) is 3.58. The summed E-state index contributed by atoms with van der Waals surface area (Å²) in [5.74, 6) is -0.871. The third-order valence-electron chi connectivity index (χ3n) is 1.09. The van der Waals surface area contributed by atoms with Gasteiger partial charge in [0.1, 0.15) is 14.8 Å². The monoisotopic (exact) mass is 316 g/mol. The van der Waals surface area contributed by atoms with Crippen LogP contribution in [-0.4, -0.2) is 4.98 Å². The first-order valence-electron chi connectivity index (χ1n) is 2.68. The van der Waals surface area contributed by atoms with Crippen molar-refractivity contribution in [3.05, 3.63) is 25.3 Å². The Kier molecular flexibility index (Phi) is 3.09. The van der Waals surface area contributed by atoms with Crippen molar-refractivity contribution in [3.8, 4) is 6.07 Å². The van der Waals surface area contributed by atoms with Gasteiger partial charge in [-0.05, 0) is 22.6 Å². The van der Waals surface area contributed by atoms with E-state index in [1.165, 1.54) is 0 Å². The van der Waals surface area contributed by atoms with Gasteiger partial charge in [-0.25, -0.2) is 9.37 Å². The number of hydrogen-bond acceptors (Lipinski definition) is 2. The Hall–Kier alpha value is -0.120. The highest BCUT2D eigenvalue weighted by Crippen LogP contribution is 2.29. The normalized spacial score (nSPS) is 9.58. The highest BCUT2D eigenvalue weighted by Gasteiger charge is 2.15. The summed E-state index contributed by atoms with van der Waals surface area (Å²) in [5, 5.41) is 8.18. The fourth-order valence-electron chi connectivity index (χ4n) is 0.561. The molecule has 1 aromatic heterocycles. The summed E-state index contributed by atoms with van der Waals surface area (Å²) in [5.41, 5.74) is -0.339. The van der Waals surface area contributed by atoms with Gasteiger partial charge in [-0.1, -0.05) is 23.2 Å². The van der Waals surface area contributed by atoms with Gasteiger partial charge in [0.05, 0.1) is 5.02 Å². The Bertz CT molecular complexity index is 375. The van der Waals surface area contributed by atoms with Crippen LogP contribution in [0.15, 0.2) is 0 Å². The molecule has 0 atom stereocenters. The molecule has 12 heavy (non-hydrogen) atoms. The summed E-state index contributed by atoms with van der Waals surface area (Å²) >= 11 is 12.8. The molecule has 0 aliphatic rings. The minimum atomic E-state index is -0.871. The van der Waals surface area contributed by atoms with Gasteiger partial charge in [0.15, 0.2) is 11.5 Å². The van der Waals surface area contributed by atoms with Gasteiger partial charge >= 0.3 is 0 Å². The molecule has 0 bridgehead atoms. The van der Waals surface area contributed by atoms with Gasteiger partial charge in [-0.15, -0.1) is 0 Å². The van der Waals surface area contributed by atoms with Gasteiger partial charge in [0.25, 0.3) is 0 Å². The zero-order valence-corrected chi connectivity index (χ0v) is 9.08. The van der Waals surface area contributed by atoms with Gasteiger partial charge < -0.3 is 0 Å². The van der Waals surface area contributed by atoms with Crippen molar-refractivity contribution < 1.29 is 4.39 Å². The van der Waals surface area contributed by atoms with Crippen molar-refractivity contribution in [1.29, 1.82) is 5.26 Å². The van der Waals surface area contributed by atoms with Crippen LogP contribution in [0.1, 0.15) is 5.69 Å². The van der Waals surface area contributed by atoms with Gasteiger partial charge in [-0.3, -0.25) is 0 Å². The fraction of sp³-hybridized carbons (Fsp3) is 0. The predicted octanol–water partition coefficient (Wildman–Crippen LogP) is 3.00. The van der Waals surface area contributed by atoms with E-state index in [0.29, 0.717) is 3.70 Å². The highest BCUT2D eigenvalue weighted by molar-refractivity contribution is 14.1. The molecule has 0 amide bonds. The molecule has 0 radical (unpaired) electrons. The molecular formula is C6Cl2FIN2. The van der Waals surface area contributed by atoms with E-state index in [2.05, 4.69) is 4.98 Å². The number of nitrogens with zero attached hydrogens (tertiary/aromatic N) is 2. The maximum Gasteiger partial charge on any atom is 0.179 e. The van der Waals surface area contributed by atoms with E-state index >= 15 is 0 Å². The Morgan fingerprint density at radius 2 is 2.00 bits per heavy atom. The molecule has 1 aromatic rings. The van der Waals surface area contributed by atoms with Gasteiger partial charge in [0, 0.05) is 0 Å². The van der Waals surface area contributed by atoms with Crippen molar-refractivity contribution in [2.75, 3.05) is 0 Å². The van der Waals surface area contributed by atoms with Crippen LogP contribution in [0.25, 0.3) is 0 Å². The van der Waals surface area contributed by atoms with E-state index in [0.717, 1.165) is 0 Å². The van der Waals surface area contributed by atoms with Gasteiger partial charge in [-0.2, -0.15) is 5.26 Å². The van der Waals surface area contributed by atoms with E-state index in [4.69, 9.17) is 28.5 Å². The second-order valence-electron chi connectivity index (χ2n) is 1.80. The molecule has 1 rings (SSSR count). The maximum absolute atomic E-state index is 12.9. The SMILES string of the molecule is N#Cc1nc(I)c(Cl)c(Cl)c1F. The van der Waals surface area contributed by atoms with Crippen LogP contribution in [0, 0.1) is 20.8 Å². The first kappa shape index (κ1) is 9.96. The molecule has 0 aromatic carbocycles. The minimum absolute atomic E-state index is 0.0359. The molecule has 1 heterocycles. The lowest BCUT2D eigenvalue weighted by Crippen LogP contribution is -1.94. The van der Waals surface area contributed by atoms with Crippen molar-refractivity contribution in [3.63, 3.8) is 0 Å². The summed E-state index contributed by atoms with van der Waals surface area (Å²) in [6, 6.07) is 1.57. The second kappa shape index (κ2) is 3.73. The first-order valence-corrected chi connectivity index (χ1v) is 4.51. The molecule has 0 spiro atoms. The van der Waals surface area contributed by atoms with Crippen LogP contribution in [0.5, 0.6) is 0 Å². The minimum Gasteiger partial charge on any atom is -0.226 e. The fourth-order valence-corrected chi connectivity index (χ4v) is 1.54. The average Bonchev–Trinajstić information content (AvgIpc) is 2.08. The van der Waals surface area contributed by atoms with Crippen molar-refractivity contribution in [2.24, 2.45) is 0 Å². The molecular weight excluding hydrogens is 317 g/mol. The number of rotatable bonds is 0.